The van der Waals surface area contributed by atoms with Crippen LogP contribution in [0.1, 0.15) is 45.1 Å². The molecule has 1 aliphatic rings. The normalized spacial score (nSPS) is 17.2. The minimum atomic E-state index is -4.34. The number of amides is 2. The fourth-order valence-electron chi connectivity index (χ4n) is 3.37. The fourth-order valence-corrected chi connectivity index (χ4v) is 3.90. The van der Waals surface area contributed by atoms with Crippen molar-refractivity contribution in [1.29, 1.82) is 0 Å². The number of imide groups is 1. The first-order valence-corrected chi connectivity index (χ1v) is 8.52. The lowest BCUT2D eigenvalue weighted by molar-refractivity contribution is -0.150. The molecule has 0 saturated heterocycles. The Kier molecular flexibility index (Phi) is 4.39. The topological polar surface area (TPSA) is 91.8 Å². The molecular weight excluding hydrogens is 306 g/mol. The summed E-state index contributed by atoms with van der Waals surface area (Å²) in [6.45, 7) is 2.65. The Balaban J connectivity index is 2.62. The highest BCUT2D eigenvalue weighted by Gasteiger charge is 2.44. The number of hydrogen-bond donors (Lipinski definition) is 1. The SMILES string of the molecule is CC(=O)N(C(C)=O)C1(c2cccc(S(=O)(=O)O)c2)CCCC1. The van der Waals surface area contributed by atoms with Crippen molar-refractivity contribution < 1.29 is 22.6 Å². The average molecular weight is 325 g/mol. The van der Waals surface area contributed by atoms with Crippen LogP contribution in [0, 0.1) is 0 Å². The van der Waals surface area contributed by atoms with Gasteiger partial charge in [-0.15, -0.1) is 0 Å². The van der Waals surface area contributed by atoms with Crippen LogP contribution in [0.2, 0.25) is 0 Å². The number of carbonyl (C=O) groups excluding carboxylic acids is 2. The summed E-state index contributed by atoms with van der Waals surface area (Å²) in [4.78, 5) is 24.9. The molecule has 7 heteroatoms. The molecule has 0 radical (unpaired) electrons. The molecule has 0 atom stereocenters. The maximum Gasteiger partial charge on any atom is 0.294 e. The van der Waals surface area contributed by atoms with Gasteiger partial charge in [0.2, 0.25) is 11.8 Å². The lowest BCUT2D eigenvalue weighted by Gasteiger charge is -2.39. The zero-order valence-electron chi connectivity index (χ0n) is 12.6. The van der Waals surface area contributed by atoms with Gasteiger partial charge in [0.25, 0.3) is 10.1 Å². The van der Waals surface area contributed by atoms with Crippen LogP contribution in [0.5, 0.6) is 0 Å². The predicted molar refractivity (Wildman–Crippen MR) is 79.6 cm³/mol. The molecule has 1 aliphatic carbocycles. The van der Waals surface area contributed by atoms with E-state index in [1.807, 2.05) is 0 Å². The molecule has 22 heavy (non-hydrogen) atoms. The lowest BCUT2D eigenvalue weighted by Crippen LogP contribution is -2.49. The van der Waals surface area contributed by atoms with Gasteiger partial charge in [0, 0.05) is 13.8 Å². The first-order valence-electron chi connectivity index (χ1n) is 7.08. The Morgan fingerprint density at radius 2 is 1.68 bits per heavy atom. The van der Waals surface area contributed by atoms with Gasteiger partial charge in [0.05, 0.1) is 10.4 Å². The summed E-state index contributed by atoms with van der Waals surface area (Å²) < 4.78 is 31.9. The van der Waals surface area contributed by atoms with Gasteiger partial charge in [-0.1, -0.05) is 25.0 Å². The second kappa shape index (κ2) is 5.81. The average Bonchev–Trinajstić information content (AvgIpc) is 2.87. The summed E-state index contributed by atoms with van der Waals surface area (Å²) in [7, 11) is -4.34. The summed E-state index contributed by atoms with van der Waals surface area (Å²) in [5.74, 6) is -0.738. The first kappa shape index (κ1) is 16.6. The van der Waals surface area contributed by atoms with E-state index in [0.29, 0.717) is 18.4 Å². The molecule has 0 unspecified atom stereocenters. The molecule has 6 nitrogen and oxygen atoms in total. The van der Waals surface area contributed by atoms with E-state index < -0.39 is 15.7 Å². The molecule has 0 aromatic heterocycles. The highest BCUT2D eigenvalue weighted by molar-refractivity contribution is 7.85. The van der Waals surface area contributed by atoms with Crippen LogP contribution in [-0.2, 0) is 25.2 Å². The maximum atomic E-state index is 12.0. The highest BCUT2D eigenvalue weighted by Crippen LogP contribution is 2.44. The van der Waals surface area contributed by atoms with Crippen molar-refractivity contribution in [3.63, 3.8) is 0 Å². The number of nitrogens with zero attached hydrogens (tertiary/aromatic N) is 1. The van der Waals surface area contributed by atoms with Crippen LogP contribution in [0.15, 0.2) is 29.2 Å². The van der Waals surface area contributed by atoms with Gasteiger partial charge in [0.1, 0.15) is 0 Å². The van der Waals surface area contributed by atoms with Crippen molar-refractivity contribution in [3.05, 3.63) is 29.8 Å². The molecule has 1 aromatic carbocycles. The third-order valence-electron chi connectivity index (χ3n) is 4.16. The molecular formula is C15H19NO5S. The van der Waals surface area contributed by atoms with E-state index in [1.54, 1.807) is 6.07 Å². The first-order chi connectivity index (χ1) is 10.2. The minimum Gasteiger partial charge on any atom is -0.282 e. The molecule has 0 bridgehead atoms. The number of hydrogen-bond acceptors (Lipinski definition) is 4. The summed E-state index contributed by atoms with van der Waals surface area (Å²) in [6, 6.07) is 5.84. The predicted octanol–water partition coefficient (Wildman–Crippen LogP) is 2.10. The van der Waals surface area contributed by atoms with Gasteiger partial charge < -0.3 is 0 Å². The molecule has 0 heterocycles. The largest absolute Gasteiger partial charge is 0.294 e. The van der Waals surface area contributed by atoms with Gasteiger partial charge in [0.15, 0.2) is 0 Å². The van der Waals surface area contributed by atoms with E-state index in [1.165, 1.54) is 36.9 Å². The molecule has 0 spiro atoms. The van der Waals surface area contributed by atoms with Crippen LogP contribution in [0.3, 0.4) is 0 Å². The standard InChI is InChI=1S/C15H19NO5S/c1-11(17)16(12(2)18)15(8-3-4-9-15)13-6-5-7-14(10-13)22(19,20)21/h5-7,10H,3-4,8-9H2,1-2H3,(H,19,20,21). The van der Waals surface area contributed by atoms with Gasteiger partial charge in [-0.05, 0) is 30.5 Å². The van der Waals surface area contributed by atoms with E-state index in [4.69, 9.17) is 0 Å². The van der Waals surface area contributed by atoms with Crippen molar-refractivity contribution in [2.45, 2.75) is 50.0 Å². The summed E-state index contributed by atoms with van der Waals surface area (Å²) in [6.07, 6.45) is 2.85. The van der Waals surface area contributed by atoms with Crippen molar-refractivity contribution in [2.75, 3.05) is 0 Å². The molecule has 0 aliphatic heterocycles. The van der Waals surface area contributed by atoms with Crippen LogP contribution >= 0.6 is 0 Å². The summed E-state index contributed by atoms with van der Waals surface area (Å²) in [5, 5.41) is 0. The van der Waals surface area contributed by atoms with E-state index >= 15 is 0 Å². The Labute approximate surface area is 129 Å². The van der Waals surface area contributed by atoms with Gasteiger partial charge in [-0.2, -0.15) is 8.42 Å². The molecule has 1 aromatic rings. The highest BCUT2D eigenvalue weighted by atomic mass is 32.2. The van der Waals surface area contributed by atoms with Crippen molar-refractivity contribution in [2.24, 2.45) is 0 Å². The van der Waals surface area contributed by atoms with Gasteiger partial charge in [-0.3, -0.25) is 19.0 Å². The van der Waals surface area contributed by atoms with Gasteiger partial charge in [-0.25, -0.2) is 0 Å². The van der Waals surface area contributed by atoms with Crippen LogP contribution in [0.4, 0.5) is 0 Å². The molecule has 2 rings (SSSR count). The Morgan fingerprint density at radius 3 is 2.14 bits per heavy atom. The Morgan fingerprint density at radius 1 is 1.14 bits per heavy atom. The minimum absolute atomic E-state index is 0.233. The second-order valence-corrected chi connectivity index (χ2v) is 7.04. The van der Waals surface area contributed by atoms with Crippen molar-refractivity contribution >= 4 is 21.9 Å². The molecule has 120 valence electrons. The van der Waals surface area contributed by atoms with E-state index in [9.17, 15) is 22.6 Å². The molecule has 1 fully saturated rings. The fraction of sp³-hybridized carbons (Fsp3) is 0.467. The third-order valence-corrected chi connectivity index (χ3v) is 5.01. The monoisotopic (exact) mass is 325 g/mol. The van der Waals surface area contributed by atoms with Crippen LogP contribution < -0.4 is 0 Å². The Hall–Kier alpha value is -1.73. The number of benzene rings is 1. The quantitative estimate of drug-likeness (QED) is 0.859. The lowest BCUT2D eigenvalue weighted by atomic mass is 9.86. The van der Waals surface area contributed by atoms with Gasteiger partial charge >= 0.3 is 0 Å². The smallest absolute Gasteiger partial charge is 0.282 e. The molecule has 2 amide bonds. The van der Waals surface area contributed by atoms with Crippen molar-refractivity contribution in [1.82, 2.24) is 4.90 Å². The Bertz CT molecular complexity index is 690. The maximum absolute atomic E-state index is 12.0. The van der Waals surface area contributed by atoms with Crippen LogP contribution in [0.25, 0.3) is 0 Å². The molecule has 1 N–H and O–H groups in total. The van der Waals surface area contributed by atoms with E-state index in [-0.39, 0.29) is 16.7 Å². The third kappa shape index (κ3) is 2.91. The van der Waals surface area contributed by atoms with E-state index in [2.05, 4.69) is 0 Å². The van der Waals surface area contributed by atoms with E-state index in [0.717, 1.165) is 12.8 Å². The zero-order valence-corrected chi connectivity index (χ0v) is 13.4. The van der Waals surface area contributed by atoms with Crippen LogP contribution in [-0.4, -0.2) is 29.7 Å². The summed E-state index contributed by atoms with van der Waals surface area (Å²) in [5.41, 5.74) is -0.274. The zero-order chi connectivity index (χ0) is 16.5. The molecule has 1 saturated carbocycles. The van der Waals surface area contributed by atoms with Crippen molar-refractivity contribution in [3.8, 4) is 0 Å². The summed E-state index contributed by atoms with van der Waals surface area (Å²) >= 11 is 0. The number of rotatable bonds is 3. The number of carbonyl (C=O) groups is 2. The second-order valence-electron chi connectivity index (χ2n) is 5.62.